The molecule has 0 atom stereocenters. The Hall–Kier alpha value is -2.99. The minimum absolute atomic E-state index is 0.0501. The number of amides is 1. The first kappa shape index (κ1) is 19.0. The van der Waals surface area contributed by atoms with Crippen molar-refractivity contribution in [2.45, 2.75) is 26.4 Å². The number of rotatable bonds is 4. The molecule has 3 heterocycles. The second-order valence-electron chi connectivity index (χ2n) is 8.17. The second kappa shape index (κ2) is 7.69. The summed E-state index contributed by atoms with van der Waals surface area (Å²) in [5, 5.41) is 0. The van der Waals surface area contributed by atoms with Crippen molar-refractivity contribution in [3.63, 3.8) is 0 Å². The zero-order valence-electron chi connectivity index (χ0n) is 17.1. The van der Waals surface area contributed by atoms with Gasteiger partial charge < -0.3 is 4.90 Å². The number of nitrogens with zero attached hydrogens (tertiary/aromatic N) is 4. The van der Waals surface area contributed by atoms with E-state index in [-0.39, 0.29) is 11.7 Å². The molecule has 0 aliphatic carbocycles. The predicted octanol–water partition coefficient (Wildman–Crippen LogP) is 3.31. The first-order valence-corrected chi connectivity index (χ1v) is 10.5. The van der Waals surface area contributed by atoms with Gasteiger partial charge in [0.25, 0.3) is 5.91 Å². The highest BCUT2D eigenvalue weighted by Gasteiger charge is 2.41. The van der Waals surface area contributed by atoms with Crippen LogP contribution in [0.3, 0.4) is 0 Å². The molecule has 2 aromatic carbocycles. The lowest BCUT2D eigenvalue weighted by atomic mass is 9.99. The third-order valence-corrected chi connectivity index (χ3v) is 6.17. The quantitative estimate of drug-likeness (QED) is 0.785. The van der Waals surface area contributed by atoms with Crippen molar-refractivity contribution in [2.75, 3.05) is 26.2 Å². The van der Waals surface area contributed by atoms with Crippen molar-refractivity contribution in [3.05, 3.63) is 82.3 Å². The summed E-state index contributed by atoms with van der Waals surface area (Å²) in [4.78, 5) is 24.5. The van der Waals surface area contributed by atoms with Crippen LogP contribution in [0.15, 0.2) is 64.8 Å². The van der Waals surface area contributed by atoms with Gasteiger partial charge in [-0.25, -0.2) is 4.39 Å². The molecule has 2 aromatic rings. The summed E-state index contributed by atoms with van der Waals surface area (Å²) in [7, 11) is 0. The monoisotopic (exact) mass is 404 g/mol. The Kier molecular flexibility index (Phi) is 4.87. The topological polar surface area (TPSA) is 39.2 Å². The maximum absolute atomic E-state index is 13.6. The summed E-state index contributed by atoms with van der Waals surface area (Å²) in [6.07, 6.45) is 0.813. The molecule has 5 rings (SSSR count). The Balaban J connectivity index is 1.41. The van der Waals surface area contributed by atoms with E-state index in [1.54, 1.807) is 12.1 Å². The molecule has 0 radical (unpaired) electrons. The molecular formula is C24H25FN4O. The third kappa shape index (κ3) is 3.41. The predicted molar refractivity (Wildman–Crippen MR) is 114 cm³/mol. The van der Waals surface area contributed by atoms with Crippen LogP contribution in [0.4, 0.5) is 4.39 Å². The lowest BCUT2D eigenvalue weighted by Gasteiger charge is -2.42. The van der Waals surface area contributed by atoms with Gasteiger partial charge in [-0.3, -0.25) is 19.6 Å². The molecule has 0 fully saturated rings. The lowest BCUT2D eigenvalue weighted by molar-refractivity contribution is -0.125. The minimum Gasteiger partial charge on any atom is -0.314 e. The molecule has 0 bridgehead atoms. The Labute approximate surface area is 176 Å². The number of aliphatic imine (C=N–C) groups is 1. The van der Waals surface area contributed by atoms with Crippen LogP contribution >= 0.6 is 0 Å². The molecule has 5 nitrogen and oxygen atoms in total. The van der Waals surface area contributed by atoms with Crippen LogP contribution in [0, 0.1) is 12.7 Å². The normalized spacial score (nSPS) is 19.1. The van der Waals surface area contributed by atoms with E-state index in [2.05, 4.69) is 33.8 Å². The molecule has 30 heavy (non-hydrogen) atoms. The summed E-state index contributed by atoms with van der Waals surface area (Å²) in [5.41, 5.74) is 5.21. The van der Waals surface area contributed by atoms with Crippen molar-refractivity contribution in [1.29, 1.82) is 0 Å². The average Bonchev–Trinajstić information content (AvgIpc) is 3.22. The molecule has 0 saturated carbocycles. The number of carbonyl (C=O) groups is 1. The zero-order chi connectivity index (χ0) is 20.7. The van der Waals surface area contributed by atoms with Gasteiger partial charge in [-0.05, 0) is 35.7 Å². The van der Waals surface area contributed by atoms with E-state index >= 15 is 0 Å². The van der Waals surface area contributed by atoms with Gasteiger partial charge in [-0.15, -0.1) is 0 Å². The highest BCUT2D eigenvalue weighted by molar-refractivity contribution is 6.09. The van der Waals surface area contributed by atoms with Gasteiger partial charge in [0.15, 0.2) is 0 Å². The zero-order valence-corrected chi connectivity index (χ0v) is 17.1. The van der Waals surface area contributed by atoms with Crippen molar-refractivity contribution in [2.24, 2.45) is 4.99 Å². The van der Waals surface area contributed by atoms with Gasteiger partial charge in [0.2, 0.25) is 5.96 Å². The summed E-state index contributed by atoms with van der Waals surface area (Å²) in [6, 6.07) is 14.9. The number of fused-ring (bicyclic) bond motifs is 2. The summed E-state index contributed by atoms with van der Waals surface area (Å²) in [5.74, 6) is 0.621. The molecule has 3 aliphatic rings. The van der Waals surface area contributed by atoms with Crippen LogP contribution in [-0.4, -0.2) is 52.7 Å². The highest BCUT2D eigenvalue weighted by atomic mass is 19.1. The third-order valence-electron chi connectivity index (χ3n) is 6.17. The number of guanidine groups is 1. The molecule has 3 aliphatic heterocycles. The van der Waals surface area contributed by atoms with Gasteiger partial charge in [-0.2, -0.15) is 0 Å². The molecule has 6 heteroatoms. The fourth-order valence-electron chi connectivity index (χ4n) is 4.60. The van der Waals surface area contributed by atoms with Crippen molar-refractivity contribution < 1.29 is 9.18 Å². The van der Waals surface area contributed by atoms with E-state index in [9.17, 15) is 9.18 Å². The second-order valence-corrected chi connectivity index (χ2v) is 8.17. The van der Waals surface area contributed by atoms with Crippen molar-refractivity contribution in [3.8, 4) is 0 Å². The largest absolute Gasteiger partial charge is 0.314 e. The number of benzene rings is 2. The maximum Gasteiger partial charge on any atom is 0.259 e. The van der Waals surface area contributed by atoms with Crippen LogP contribution in [0.25, 0.3) is 0 Å². The maximum atomic E-state index is 13.6. The van der Waals surface area contributed by atoms with E-state index in [0.717, 1.165) is 54.4 Å². The highest BCUT2D eigenvalue weighted by Crippen LogP contribution is 2.32. The first-order chi connectivity index (χ1) is 14.6. The van der Waals surface area contributed by atoms with Crippen molar-refractivity contribution in [1.82, 2.24) is 14.7 Å². The number of hydrogen-bond donors (Lipinski definition) is 0. The molecule has 0 aromatic heterocycles. The summed E-state index contributed by atoms with van der Waals surface area (Å²) < 4.78 is 13.6. The van der Waals surface area contributed by atoms with Crippen LogP contribution in [0.1, 0.15) is 23.1 Å². The standard InChI is InChI=1S/C24H25FN4O/c1-17-5-2-3-7-19(17)15-29-23(30)21-16-27(14-18-6-4-8-20(25)13-18)11-9-22(21)28-12-10-26-24(28)29/h2-8,13H,9-12,14-16H2,1H3. The lowest BCUT2D eigenvalue weighted by Crippen LogP contribution is -2.53. The van der Waals surface area contributed by atoms with Crippen LogP contribution in [0.2, 0.25) is 0 Å². The first-order valence-electron chi connectivity index (χ1n) is 10.5. The molecule has 0 N–H and O–H groups in total. The summed E-state index contributed by atoms with van der Waals surface area (Å²) >= 11 is 0. The molecule has 0 spiro atoms. The fourth-order valence-corrected chi connectivity index (χ4v) is 4.60. The fraction of sp³-hybridized carbons (Fsp3) is 0.333. The molecule has 0 unspecified atom stereocenters. The van der Waals surface area contributed by atoms with E-state index in [0.29, 0.717) is 19.6 Å². The molecule has 0 saturated heterocycles. The van der Waals surface area contributed by atoms with Crippen LogP contribution in [0.5, 0.6) is 0 Å². The van der Waals surface area contributed by atoms with Crippen LogP contribution in [-0.2, 0) is 17.9 Å². The van der Waals surface area contributed by atoms with Gasteiger partial charge in [0.1, 0.15) is 5.82 Å². The Morgan fingerprint density at radius 2 is 1.93 bits per heavy atom. The number of carbonyl (C=O) groups excluding carboxylic acids is 1. The Morgan fingerprint density at radius 3 is 2.77 bits per heavy atom. The van der Waals surface area contributed by atoms with E-state index < -0.39 is 0 Å². The molecule has 154 valence electrons. The SMILES string of the molecule is Cc1ccccc1CN1C(=O)C2=C(CCN(Cc3cccc(F)c3)C2)N2CCN=C12. The Bertz CT molecular complexity index is 1060. The molecular weight excluding hydrogens is 379 g/mol. The van der Waals surface area contributed by atoms with E-state index in [4.69, 9.17) is 0 Å². The van der Waals surface area contributed by atoms with Crippen LogP contribution < -0.4 is 0 Å². The van der Waals surface area contributed by atoms with E-state index in [1.807, 2.05) is 23.1 Å². The number of hydrogen-bond acceptors (Lipinski definition) is 4. The van der Waals surface area contributed by atoms with E-state index in [1.165, 1.54) is 11.6 Å². The average molecular weight is 404 g/mol. The number of halogens is 1. The van der Waals surface area contributed by atoms with Gasteiger partial charge in [0.05, 0.1) is 18.7 Å². The number of aryl methyl sites for hydroxylation is 1. The van der Waals surface area contributed by atoms with Gasteiger partial charge >= 0.3 is 0 Å². The molecule has 1 amide bonds. The van der Waals surface area contributed by atoms with Gasteiger partial charge in [-0.1, -0.05) is 36.4 Å². The van der Waals surface area contributed by atoms with Crippen molar-refractivity contribution >= 4 is 11.9 Å². The summed E-state index contributed by atoms with van der Waals surface area (Å²) in [6.45, 7) is 6.22. The minimum atomic E-state index is -0.222. The van der Waals surface area contributed by atoms with Gasteiger partial charge in [0, 0.05) is 38.3 Å². The smallest absolute Gasteiger partial charge is 0.259 e. The Morgan fingerprint density at radius 1 is 1.07 bits per heavy atom.